The zero-order valence-corrected chi connectivity index (χ0v) is 14.6. The smallest absolute Gasteiger partial charge is 0.171 e. The Labute approximate surface area is 153 Å². The minimum atomic E-state index is 0.560. The molecular weight excluding hydrogens is 328 g/mol. The molecule has 4 heteroatoms. The summed E-state index contributed by atoms with van der Waals surface area (Å²) in [5.74, 6) is 0.831. The lowest BCUT2D eigenvalue weighted by Gasteiger charge is -2.11. The molecule has 0 bridgehead atoms. The van der Waals surface area contributed by atoms with Crippen LogP contribution in [0.25, 0.3) is 0 Å². The highest BCUT2D eigenvalue weighted by molar-refractivity contribution is 7.80. The fraction of sp³-hybridized carbons (Fsp3) is 0.0952. The Kier molecular flexibility index (Phi) is 6.01. The molecule has 0 atom stereocenters. The molecule has 3 aromatic rings. The number of hydrogen-bond donors (Lipinski definition) is 2. The molecule has 0 aliphatic carbocycles. The molecule has 0 heterocycles. The van der Waals surface area contributed by atoms with Crippen molar-refractivity contribution in [3.8, 4) is 5.75 Å². The number of rotatable bonds is 6. The van der Waals surface area contributed by atoms with E-state index in [9.17, 15) is 0 Å². The van der Waals surface area contributed by atoms with Crippen LogP contribution in [0, 0.1) is 0 Å². The highest BCUT2D eigenvalue weighted by Crippen LogP contribution is 2.17. The van der Waals surface area contributed by atoms with E-state index in [0.717, 1.165) is 17.0 Å². The van der Waals surface area contributed by atoms with E-state index >= 15 is 0 Å². The number of nitrogens with one attached hydrogen (secondary N) is 2. The molecule has 3 aromatic carbocycles. The Hall–Kier alpha value is -2.85. The van der Waals surface area contributed by atoms with Gasteiger partial charge >= 0.3 is 0 Å². The Morgan fingerprint density at radius 2 is 1.36 bits per heavy atom. The predicted octanol–water partition coefficient (Wildman–Crippen LogP) is 4.75. The number of thiocarbonyl (C=S) groups is 1. The molecule has 126 valence electrons. The maximum atomic E-state index is 5.78. The lowest BCUT2D eigenvalue weighted by atomic mass is 10.2. The van der Waals surface area contributed by atoms with Crippen LogP contribution < -0.4 is 15.4 Å². The van der Waals surface area contributed by atoms with Crippen molar-refractivity contribution in [3.63, 3.8) is 0 Å². The molecule has 3 rings (SSSR count). The second kappa shape index (κ2) is 8.85. The molecule has 0 unspecified atom stereocenters. The van der Waals surface area contributed by atoms with Gasteiger partial charge in [-0.2, -0.15) is 0 Å². The second-order valence-electron chi connectivity index (χ2n) is 5.59. The molecule has 0 saturated heterocycles. The van der Waals surface area contributed by atoms with Crippen LogP contribution in [0.15, 0.2) is 84.9 Å². The van der Waals surface area contributed by atoms with Crippen molar-refractivity contribution in [1.29, 1.82) is 0 Å². The summed E-state index contributed by atoms with van der Waals surface area (Å²) in [7, 11) is 0. The van der Waals surface area contributed by atoms with Crippen molar-refractivity contribution in [3.05, 3.63) is 96.1 Å². The normalized spacial score (nSPS) is 10.1. The molecule has 0 amide bonds. The molecule has 0 saturated carbocycles. The molecule has 0 aliphatic rings. The maximum absolute atomic E-state index is 5.78. The third-order valence-electron chi connectivity index (χ3n) is 3.66. The highest BCUT2D eigenvalue weighted by Gasteiger charge is 2.00. The molecule has 0 aromatic heterocycles. The number of hydrogen-bond acceptors (Lipinski definition) is 2. The van der Waals surface area contributed by atoms with Crippen molar-refractivity contribution in [2.75, 3.05) is 5.32 Å². The zero-order chi connectivity index (χ0) is 17.3. The van der Waals surface area contributed by atoms with Gasteiger partial charge in [-0.15, -0.1) is 0 Å². The fourth-order valence-electron chi connectivity index (χ4n) is 2.33. The van der Waals surface area contributed by atoms with Gasteiger partial charge in [-0.1, -0.05) is 60.7 Å². The third-order valence-corrected chi connectivity index (χ3v) is 3.90. The zero-order valence-electron chi connectivity index (χ0n) is 13.8. The van der Waals surface area contributed by atoms with Crippen LogP contribution in [-0.4, -0.2) is 5.11 Å². The first-order valence-corrected chi connectivity index (χ1v) is 8.56. The Morgan fingerprint density at radius 1 is 0.760 bits per heavy atom. The minimum absolute atomic E-state index is 0.560. The third kappa shape index (κ3) is 5.62. The van der Waals surface area contributed by atoms with Crippen molar-refractivity contribution < 1.29 is 4.74 Å². The summed E-state index contributed by atoms with van der Waals surface area (Å²) in [4.78, 5) is 0. The minimum Gasteiger partial charge on any atom is -0.489 e. The van der Waals surface area contributed by atoms with E-state index in [1.807, 2.05) is 72.8 Å². The predicted molar refractivity (Wildman–Crippen MR) is 107 cm³/mol. The Balaban J connectivity index is 1.46. The van der Waals surface area contributed by atoms with E-state index in [4.69, 9.17) is 17.0 Å². The maximum Gasteiger partial charge on any atom is 0.171 e. The summed E-state index contributed by atoms with van der Waals surface area (Å²) in [6.45, 7) is 1.26. The highest BCUT2D eigenvalue weighted by atomic mass is 32.1. The average Bonchev–Trinajstić information content (AvgIpc) is 2.67. The number of benzene rings is 3. The van der Waals surface area contributed by atoms with E-state index in [1.165, 1.54) is 5.56 Å². The summed E-state index contributed by atoms with van der Waals surface area (Å²) in [6.07, 6.45) is 0. The molecular formula is C21H20N2OS. The summed E-state index contributed by atoms with van der Waals surface area (Å²) in [6, 6.07) is 28.1. The van der Waals surface area contributed by atoms with Crippen LogP contribution in [0.2, 0.25) is 0 Å². The lowest BCUT2D eigenvalue weighted by molar-refractivity contribution is 0.306. The van der Waals surface area contributed by atoms with Gasteiger partial charge in [0.15, 0.2) is 5.11 Å². The van der Waals surface area contributed by atoms with Crippen LogP contribution in [-0.2, 0) is 13.2 Å². The first-order valence-electron chi connectivity index (χ1n) is 8.15. The molecule has 3 nitrogen and oxygen atoms in total. The first-order chi connectivity index (χ1) is 12.3. The molecule has 0 fully saturated rings. The van der Waals surface area contributed by atoms with Crippen molar-refractivity contribution in [2.45, 2.75) is 13.2 Å². The first kappa shape index (κ1) is 17.0. The van der Waals surface area contributed by atoms with Gasteiger partial charge in [-0.25, -0.2) is 0 Å². The molecule has 2 N–H and O–H groups in total. The monoisotopic (exact) mass is 348 g/mol. The van der Waals surface area contributed by atoms with Crippen molar-refractivity contribution in [2.24, 2.45) is 0 Å². The van der Waals surface area contributed by atoms with E-state index in [0.29, 0.717) is 18.3 Å². The van der Waals surface area contributed by atoms with Gasteiger partial charge in [0.05, 0.1) is 0 Å². The second-order valence-corrected chi connectivity index (χ2v) is 6.00. The van der Waals surface area contributed by atoms with Gasteiger partial charge in [0, 0.05) is 12.2 Å². The van der Waals surface area contributed by atoms with Crippen molar-refractivity contribution >= 4 is 23.0 Å². The van der Waals surface area contributed by atoms with E-state index in [1.54, 1.807) is 0 Å². The summed E-state index contributed by atoms with van der Waals surface area (Å²) in [5, 5.41) is 6.97. The number of anilines is 1. The number of ether oxygens (including phenoxy) is 1. The fourth-order valence-corrected chi connectivity index (χ4v) is 2.52. The van der Waals surface area contributed by atoms with Gasteiger partial charge in [0.2, 0.25) is 0 Å². The van der Waals surface area contributed by atoms with Crippen LogP contribution >= 0.6 is 12.2 Å². The Morgan fingerprint density at radius 3 is 2.00 bits per heavy atom. The Bertz CT molecular complexity index is 789. The topological polar surface area (TPSA) is 33.3 Å². The molecule has 25 heavy (non-hydrogen) atoms. The molecule has 0 spiro atoms. The van der Waals surface area contributed by atoms with E-state index < -0.39 is 0 Å². The van der Waals surface area contributed by atoms with Crippen LogP contribution in [0.3, 0.4) is 0 Å². The largest absolute Gasteiger partial charge is 0.489 e. The summed E-state index contributed by atoms with van der Waals surface area (Å²) >= 11 is 5.33. The van der Waals surface area contributed by atoms with Gasteiger partial charge in [-0.05, 0) is 47.6 Å². The van der Waals surface area contributed by atoms with Gasteiger partial charge in [-0.3, -0.25) is 0 Å². The van der Waals surface area contributed by atoms with Crippen LogP contribution in [0.5, 0.6) is 5.75 Å². The van der Waals surface area contributed by atoms with E-state index in [-0.39, 0.29) is 0 Å². The summed E-state index contributed by atoms with van der Waals surface area (Å²) < 4.78 is 5.78. The van der Waals surface area contributed by atoms with Crippen LogP contribution in [0.4, 0.5) is 5.69 Å². The SMILES string of the molecule is S=C(NCc1ccccc1)Nc1ccc(OCc2ccccc2)cc1. The van der Waals surface area contributed by atoms with Crippen LogP contribution in [0.1, 0.15) is 11.1 Å². The average molecular weight is 348 g/mol. The van der Waals surface area contributed by atoms with Gasteiger partial charge < -0.3 is 15.4 Å². The van der Waals surface area contributed by atoms with Gasteiger partial charge in [0.1, 0.15) is 12.4 Å². The standard InChI is InChI=1S/C21H20N2OS/c25-21(22-15-17-7-3-1-4-8-17)23-19-11-13-20(14-12-19)24-16-18-9-5-2-6-10-18/h1-14H,15-16H2,(H2,22,23,25). The lowest BCUT2D eigenvalue weighted by Crippen LogP contribution is -2.27. The summed E-state index contributed by atoms with van der Waals surface area (Å²) in [5.41, 5.74) is 3.27. The molecule has 0 radical (unpaired) electrons. The molecule has 0 aliphatic heterocycles. The van der Waals surface area contributed by atoms with Gasteiger partial charge in [0.25, 0.3) is 0 Å². The quantitative estimate of drug-likeness (QED) is 0.630. The van der Waals surface area contributed by atoms with E-state index in [2.05, 4.69) is 22.8 Å². The van der Waals surface area contributed by atoms with Crippen molar-refractivity contribution in [1.82, 2.24) is 5.32 Å².